The van der Waals surface area contributed by atoms with E-state index in [-0.39, 0.29) is 25.0 Å². The Bertz CT molecular complexity index is 543. The van der Waals surface area contributed by atoms with Gasteiger partial charge in [0.2, 0.25) is 5.91 Å². The van der Waals surface area contributed by atoms with Gasteiger partial charge in [0.05, 0.1) is 12.2 Å². The van der Waals surface area contributed by atoms with Crippen molar-refractivity contribution in [1.29, 1.82) is 0 Å². The first-order valence-corrected chi connectivity index (χ1v) is 6.54. The fraction of sp³-hybridized carbons (Fsp3) is 0.385. The van der Waals surface area contributed by atoms with E-state index in [4.69, 9.17) is 16.3 Å². The Morgan fingerprint density at radius 2 is 2.26 bits per heavy atom. The van der Waals surface area contributed by atoms with Crippen LogP contribution < -0.4 is 15.0 Å². The van der Waals surface area contributed by atoms with Gasteiger partial charge in [-0.05, 0) is 31.0 Å². The Balaban J connectivity index is 1.78. The second-order valence-corrected chi connectivity index (χ2v) is 5.22. The lowest BCUT2D eigenvalue weighted by Crippen LogP contribution is -2.43. The maximum absolute atomic E-state index is 11.8. The number of rotatable bonds is 3. The number of carbonyl (C=O) groups is 2. The van der Waals surface area contributed by atoms with Gasteiger partial charge in [-0.3, -0.25) is 4.79 Å². The Labute approximate surface area is 115 Å². The predicted molar refractivity (Wildman–Crippen MR) is 70.5 cm³/mol. The number of anilines is 1. The van der Waals surface area contributed by atoms with Gasteiger partial charge in [-0.25, -0.2) is 4.79 Å². The summed E-state index contributed by atoms with van der Waals surface area (Å²) >= 11 is 5.94. The van der Waals surface area contributed by atoms with Crippen molar-refractivity contribution in [2.75, 3.05) is 18.0 Å². The van der Waals surface area contributed by atoms with Crippen LogP contribution in [0, 0.1) is 0 Å². The molecule has 0 atom stereocenters. The van der Waals surface area contributed by atoms with E-state index in [0.29, 0.717) is 22.5 Å². The second-order valence-electron chi connectivity index (χ2n) is 4.78. The second kappa shape index (κ2) is 4.74. The molecule has 1 aromatic carbocycles. The lowest BCUT2D eigenvalue weighted by atomic mass is 10.2. The number of carbonyl (C=O) groups excluding carboxylic acids is 2. The van der Waals surface area contributed by atoms with Crippen LogP contribution >= 0.6 is 11.6 Å². The minimum atomic E-state index is -0.367. The van der Waals surface area contributed by atoms with Gasteiger partial charge in [0.25, 0.3) is 0 Å². The number of amides is 1. The molecule has 0 unspecified atom stereocenters. The summed E-state index contributed by atoms with van der Waals surface area (Å²) in [6.45, 7) is 0.199. The van der Waals surface area contributed by atoms with Gasteiger partial charge in [-0.1, -0.05) is 11.6 Å². The highest BCUT2D eigenvalue weighted by Gasteiger charge is 2.28. The Morgan fingerprint density at radius 1 is 1.47 bits per heavy atom. The summed E-state index contributed by atoms with van der Waals surface area (Å²) in [6, 6.07) is 5.30. The number of ether oxygens (including phenoxy) is 1. The zero-order chi connectivity index (χ0) is 13.4. The quantitative estimate of drug-likeness (QED) is 0.671. The average molecular weight is 281 g/mol. The minimum Gasteiger partial charge on any atom is -0.423 e. The van der Waals surface area contributed by atoms with Crippen molar-refractivity contribution in [3.8, 4) is 5.75 Å². The monoisotopic (exact) mass is 280 g/mol. The van der Waals surface area contributed by atoms with Crippen LogP contribution in [0.2, 0.25) is 5.02 Å². The zero-order valence-electron chi connectivity index (χ0n) is 10.2. The number of benzene rings is 1. The minimum absolute atomic E-state index is 0.0609. The van der Waals surface area contributed by atoms with Crippen LogP contribution in [0.25, 0.3) is 0 Å². The van der Waals surface area contributed by atoms with Crippen LogP contribution in [0.1, 0.15) is 12.8 Å². The number of nitrogens with zero attached hydrogens (tertiary/aromatic N) is 1. The van der Waals surface area contributed by atoms with Gasteiger partial charge in [0.15, 0.2) is 5.75 Å². The molecule has 6 heteroatoms. The lowest BCUT2D eigenvalue weighted by molar-refractivity contribution is -0.133. The van der Waals surface area contributed by atoms with Crippen LogP contribution in [0.5, 0.6) is 5.75 Å². The summed E-state index contributed by atoms with van der Waals surface area (Å²) in [7, 11) is 0. The maximum atomic E-state index is 11.8. The molecule has 1 fully saturated rings. The zero-order valence-corrected chi connectivity index (χ0v) is 10.9. The molecule has 1 N–H and O–H groups in total. The third-order valence-corrected chi connectivity index (χ3v) is 3.32. The van der Waals surface area contributed by atoms with Crippen molar-refractivity contribution in [1.82, 2.24) is 5.32 Å². The first-order chi connectivity index (χ1) is 9.11. The third-order valence-electron chi connectivity index (χ3n) is 3.08. The summed E-state index contributed by atoms with van der Waals surface area (Å²) in [5.41, 5.74) is 0.679. The van der Waals surface area contributed by atoms with E-state index in [9.17, 15) is 9.59 Å². The molecular weight excluding hydrogens is 268 g/mol. The number of nitrogens with one attached hydrogen (secondary N) is 1. The van der Waals surface area contributed by atoms with Gasteiger partial charge in [0, 0.05) is 11.1 Å². The summed E-state index contributed by atoms with van der Waals surface area (Å²) in [6.07, 6.45) is 2.08. The van der Waals surface area contributed by atoms with E-state index in [0.717, 1.165) is 12.8 Å². The molecule has 0 spiro atoms. The van der Waals surface area contributed by atoms with Crippen LogP contribution in [0.15, 0.2) is 18.2 Å². The fourth-order valence-corrected chi connectivity index (χ4v) is 2.20. The van der Waals surface area contributed by atoms with E-state index in [2.05, 4.69) is 5.32 Å². The molecule has 1 saturated carbocycles. The van der Waals surface area contributed by atoms with Crippen LogP contribution in [-0.4, -0.2) is 31.0 Å². The summed E-state index contributed by atoms with van der Waals surface area (Å²) in [4.78, 5) is 25.0. The van der Waals surface area contributed by atoms with E-state index >= 15 is 0 Å². The van der Waals surface area contributed by atoms with Gasteiger partial charge in [-0.2, -0.15) is 0 Å². The number of hydrogen-bond acceptors (Lipinski definition) is 4. The molecule has 1 aliphatic heterocycles. The fourth-order valence-electron chi connectivity index (χ4n) is 2.04. The number of esters is 1. The number of fused-ring (bicyclic) bond motifs is 1. The normalized spacial score (nSPS) is 17.7. The molecular formula is C13H13ClN2O3. The molecule has 3 rings (SSSR count). The molecule has 0 saturated heterocycles. The van der Waals surface area contributed by atoms with E-state index in [1.54, 1.807) is 23.1 Å². The lowest BCUT2D eigenvalue weighted by Gasteiger charge is -2.29. The molecule has 0 bridgehead atoms. The van der Waals surface area contributed by atoms with E-state index in [1.807, 2.05) is 0 Å². The molecule has 2 aliphatic rings. The van der Waals surface area contributed by atoms with Gasteiger partial charge in [0.1, 0.15) is 6.54 Å². The van der Waals surface area contributed by atoms with Gasteiger partial charge >= 0.3 is 5.97 Å². The van der Waals surface area contributed by atoms with Crippen molar-refractivity contribution in [2.45, 2.75) is 18.9 Å². The highest BCUT2D eigenvalue weighted by atomic mass is 35.5. The molecule has 1 heterocycles. The standard InChI is InChI=1S/C13H13ClN2O3/c14-8-1-4-11-10(5-8)16(7-13(18)19-11)6-12(17)15-9-2-3-9/h1,4-5,9H,2-3,6-7H2,(H,15,17). The predicted octanol–water partition coefficient (Wildman–Crippen LogP) is 1.34. The molecule has 100 valence electrons. The Morgan fingerprint density at radius 3 is 3.00 bits per heavy atom. The van der Waals surface area contributed by atoms with Crippen LogP contribution in [-0.2, 0) is 9.59 Å². The van der Waals surface area contributed by atoms with E-state index < -0.39 is 0 Å². The highest BCUT2D eigenvalue weighted by molar-refractivity contribution is 6.31. The molecule has 0 radical (unpaired) electrons. The molecule has 0 aromatic heterocycles. The summed E-state index contributed by atoms with van der Waals surface area (Å²) in [5, 5.41) is 3.44. The van der Waals surface area contributed by atoms with Gasteiger partial charge < -0.3 is 15.0 Å². The first-order valence-electron chi connectivity index (χ1n) is 6.16. The summed E-state index contributed by atoms with van der Waals surface area (Å²) < 4.78 is 5.12. The van der Waals surface area contributed by atoms with Crippen molar-refractivity contribution in [3.63, 3.8) is 0 Å². The van der Waals surface area contributed by atoms with Crippen LogP contribution in [0.3, 0.4) is 0 Å². The van der Waals surface area contributed by atoms with Gasteiger partial charge in [-0.15, -0.1) is 0 Å². The summed E-state index contributed by atoms with van der Waals surface area (Å²) in [5.74, 6) is -0.00274. The van der Waals surface area contributed by atoms with Crippen molar-refractivity contribution < 1.29 is 14.3 Å². The topological polar surface area (TPSA) is 58.6 Å². The Kier molecular flexibility index (Phi) is 3.06. The van der Waals surface area contributed by atoms with Crippen molar-refractivity contribution >= 4 is 29.2 Å². The van der Waals surface area contributed by atoms with Crippen molar-refractivity contribution in [3.05, 3.63) is 23.2 Å². The van der Waals surface area contributed by atoms with Crippen molar-refractivity contribution in [2.24, 2.45) is 0 Å². The molecule has 1 aromatic rings. The smallest absolute Gasteiger partial charge is 0.331 e. The maximum Gasteiger partial charge on any atom is 0.331 e. The van der Waals surface area contributed by atoms with E-state index in [1.165, 1.54) is 0 Å². The SMILES string of the molecule is O=C(CN1CC(=O)Oc2ccc(Cl)cc21)NC1CC1. The average Bonchev–Trinajstić information content (AvgIpc) is 3.13. The largest absolute Gasteiger partial charge is 0.423 e. The molecule has 1 aliphatic carbocycles. The molecule has 1 amide bonds. The highest BCUT2D eigenvalue weighted by Crippen LogP contribution is 2.34. The number of hydrogen-bond donors (Lipinski definition) is 1. The third kappa shape index (κ3) is 2.81. The first kappa shape index (κ1) is 12.3. The Hall–Kier alpha value is -1.75. The molecule has 5 nitrogen and oxygen atoms in total. The van der Waals surface area contributed by atoms with Crippen LogP contribution in [0.4, 0.5) is 5.69 Å². The number of halogens is 1. The molecule has 19 heavy (non-hydrogen) atoms.